The van der Waals surface area contributed by atoms with Crippen molar-refractivity contribution in [3.8, 4) is 0 Å². The van der Waals surface area contributed by atoms with Crippen LogP contribution in [0, 0.1) is 0 Å². The molecule has 0 spiro atoms. The van der Waals surface area contributed by atoms with E-state index >= 15 is 0 Å². The number of anilines is 1. The molecule has 0 aromatic heterocycles. The van der Waals surface area contributed by atoms with E-state index in [1.54, 1.807) is 0 Å². The number of carbonyl (C=O) groups is 2. The monoisotopic (exact) mass is 377 g/mol. The molecule has 28 heavy (non-hydrogen) atoms. The van der Waals surface area contributed by atoms with E-state index in [9.17, 15) is 9.59 Å². The van der Waals surface area contributed by atoms with Gasteiger partial charge in [-0.2, -0.15) is 5.10 Å². The summed E-state index contributed by atoms with van der Waals surface area (Å²) in [6.07, 6.45) is 3.31. The van der Waals surface area contributed by atoms with Crippen LogP contribution in [0.1, 0.15) is 36.3 Å². The predicted molar refractivity (Wildman–Crippen MR) is 107 cm³/mol. The van der Waals surface area contributed by atoms with E-state index in [0.29, 0.717) is 6.61 Å². The van der Waals surface area contributed by atoms with Gasteiger partial charge in [0.1, 0.15) is 11.8 Å². The van der Waals surface area contributed by atoms with E-state index in [2.05, 4.69) is 17.2 Å². The molecule has 0 radical (unpaired) electrons. The largest absolute Gasteiger partial charge is 0.461 e. The van der Waals surface area contributed by atoms with Gasteiger partial charge < -0.3 is 10.5 Å². The van der Waals surface area contributed by atoms with Crippen molar-refractivity contribution in [2.45, 2.75) is 37.6 Å². The lowest BCUT2D eigenvalue weighted by molar-refractivity contribution is -0.136. The van der Waals surface area contributed by atoms with Gasteiger partial charge in [0.25, 0.3) is 0 Å². The minimum Gasteiger partial charge on any atom is -0.461 e. The summed E-state index contributed by atoms with van der Waals surface area (Å²) in [5.41, 5.74) is 9.07. The number of carbonyl (C=O) groups excluding carboxylic acids is 2. The van der Waals surface area contributed by atoms with Crippen LogP contribution in [0.25, 0.3) is 0 Å². The molecule has 0 saturated carbocycles. The fourth-order valence-corrected chi connectivity index (χ4v) is 3.96. The normalized spacial score (nSPS) is 21.0. The molecule has 0 unspecified atom stereocenters. The molecule has 1 heterocycles. The zero-order valence-electron chi connectivity index (χ0n) is 15.6. The van der Waals surface area contributed by atoms with E-state index < -0.39 is 17.9 Å². The van der Waals surface area contributed by atoms with Gasteiger partial charge in [-0.3, -0.25) is 9.80 Å². The molecule has 2 atom stereocenters. The van der Waals surface area contributed by atoms with E-state index in [1.807, 2.05) is 42.5 Å². The maximum atomic E-state index is 12.6. The number of nitrogens with two attached hydrogens (primary N) is 1. The van der Waals surface area contributed by atoms with Crippen LogP contribution in [0.2, 0.25) is 0 Å². The highest BCUT2D eigenvalue weighted by Crippen LogP contribution is 2.32. The summed E-state index contributed by atoms with van der Waals surface area (Å²) in [4.78, 5) is 24.5. The summed E-state index contributed by atoms with van der Waals surface area (Å²) < 4.78 is 5.59. The van der Waals surface area contributed by atoms with Crippen LogP contribution in [0.3, 0.4) is 0 Å². The lowest BCUT2D eigenvalue weighted by Gasteiger charge is -2.25. The molecule has 1 aliphatic carbocycles. The number of nitrogens with zero attached hydrogens (tertiary/aromatic N) is 2. The Morgan fingerprint density at radius 3 is 2.64 bits per heavy atom. The van der Waals surface area contributed by atoms with Crippen molar-refractivity contribution in [2.24, 2.45) is 10.8 Å². The number of primary amides is 1. The van der Waals surface area contributed by atoms with Gasteiger partial charge in [-0.05, 0) is 42.5 Å². The molecule has 144 valence electrons. The molecule has 0 fully saturated rings. The summed E-state index contributed by atoms with van der Waals surface area (Å²) >= 11 is 0. The van der Waals surface area contributed by atoms with Crippen molar-refractivity contribution >= 4 is 23.3 Å². The maximum absolute atomic E-state index is 12.6. The van der Waals surface area contributed by atoms with E-state index in [0.717, 1.165) is 24.9 Å². The van der Waals surface area contributed by atoms with E-state index in [-0.39, 0.29) is 18.1 Å². The Kier molecular flexibility index (Phi) is 5.10. The Morgan fingerprint density at radius 2 is 1.86 bits per heavy atom. The first-order chi connectivity index (χ1) is 13.6. The second-order valence-corrected chi connectivity index (χ2v) is 7.24. The molecule has 2 aromatic carbocycles. The SMILES string of the molecule is NC(=O)[C@@H]1CC(C(=O)OC[C@H]2CCCc3ccccc32)=NN1c1ccccc1. The number of ether oxygens (including phenoxy) is 1. The zero-order chi connectivity index (χ0) is 19.5. The first kappa shape index (κ1) is 18.2. The first-order valence-electron chi connectivity index (χ1n) is 9.59. The summed E-state index contributed by atoms with van der Waals surface area (Å²) in [5, 5.41) is 5.85. The molecule has 2 aromatic rings. The molecule has 2 aliphatic rings. The molecular weight excluding hydrogens is 354 g/mol. The third-order valence-electron chi connectivity index (χ3n) is 5.40. The molecular formula is C22H23N3O3. The minimum absolute atomic E-state index is 0.157. The van der Waals surface area contributed by atoms with Crippen molar-refractivity contribution in [1.29, 1.82) is 0 Å². The maximum Gasteiger partial charge on any atom is 0.354 e. The van der Waals surface area contributed by atoms with Gasteiger partial charge in [0.15, 0.2) is 0 Å². The quantitative estimate of drug-likeness (QED) is 0.812. The topological polar surface area (TPSA) is 85.0 Å². The van der Waals surface area contributed by atoms with Crippen molar-refractivity contribution in [1.82, 2.24) is 0 Å². The highest BCUT2D eigenvalue weighted by Gasteiger charge is 2.36. The standard InChI is InChI=1S/C22H23N3O3/c23-21(26)20-13-19(24-25(20)17-10-2-1-3-11-17)22(27)28-14-16-9-6-8-15-7-4-5-12-18(15)16/h1-5,7,10-12,16,20H,6,8-9,13-14H2,(H2,23,26)/t16-,20+/m1/s1. The van der Waals surface area contributed by atoms with Crippen molar-refractivity contribution in [3.05, 3.63) is 65.7 Å². The zero-order valence-corrected chi connectivity index (χ0v) is 15.6. The highest BCUT2D eigenvalue weighted by molar-refractivity contribution is 6.38. The Morgan fingerprint density at radius 1 is 1.11 bits per heavy atom. The van der Waals surface area contributed by atoms with Crippen LogP contribution in [0.15, 0.2) is 59.7 Å². The number of esters is 1. The van der Waals surface area contributed by atoms with E-state index in [4.69, 9.17) is 10.5 Å². The highest BCUT2D eigenvalue weighted by atomic mass is 16.5. The molecule has 6 nitrogen and oxygen atoms in total. The first-order valence-corrected chi connectivity index (χ1v) is 9.59. The Labute approximate surface area is 164 Å². The molecule has 2 N–H and O–H groups in total. The number of hydrazone groups is 1. The van der Waals surface area contributed by atoms with E-state index in [1.165, 1.54) is 16.1 Å². The van der Waals surface area contributed by atoms with Gasteiger partial charge in [0.05, 0.1) is 12.3 Å². The van der Waals surface area contributed by atoms with Crippen LogP contribution in [-0.2, 0) is 20.7 Å². The number of aryl methyl sites for hydroxylation is 1. The summed E-state index contributed by atoms with van der Waals surface area (Å²) in [6, 6.07) is 16.9. The molecule has 4 rings (SSSR count). The van der Waals surface area contributed by atoms with Crippen molar-refractivity contribution < 1.29 is 14.3 Å². The van der Waals surface area contributed by atoms with Gasteiger partial charge in [0.2, 0.25) is 5.91 Å². The Bertz CT molecular complexity index is 910. The molecule has 0 bridgehead atoms. The van der Waals surface area contributed by atoms with Crippen molar-refractivity contribution in [2.75, 3.05) is 11.6 Å². The number of hydrogen-bond acceptors (Lipinski definition) is 5. The molecule has 1 amide bonds. The van der Waals surface area contributed by atoms with Gasteiger partial charge in [-0.1, -0.05) is 42.5 Å². The van der Waals surface area contributed by atoms with Crippen molar-refractivity contribution in [3.63, 3.8) is 0 Å². The van der Waals surface area contributed by atoms with Crippen LogP contribution >= 0.6 is 0 Å². The van der Waals surface area contributed by atoms with Gasteiger partial charge in [-0.15, -0.1) is 0 Å². The van der Waals surface area contributed by atoms with Crippen LogP contribution < -0.4 is 10.7 Å². The van der Waals surface area contributed by atoms with Gasteiger partial charge in [0, 0.05) is 12.3 Å². The number of benzene rings is 2. The smallest absolute Gasteiger partial charge is 0.354 e. The lowest BCUT2D eigenvalue weighted by atomic mass is 9.83. The Balaban J connectivity index is 1.46. The lowest BCUT2D eigenvalue weighted by Crippen LogP contribution is -2.39. The second kappa shape index (κ2) is 7.84. The summed E-state index contributed by atoms with van der Waals surface area (Å²) in [5.74, 6) is -0.794. The number of amides is 1. The van der Waals surface area contributed by atoms with Crippen LogP contribution in [0.4, 0.5) is 5.69 Å². The fraction of sp³-hybridized carbons (Fsp3) is 0.318. The Hall–Kier alpha value is -3.15. The number of hydrogen-bond donors (Lipinski definition) is 1. The average molecular weight is 377 g/mol. The average Bonchev–Trinajstić information content (AvgIpc) is 3.18. The number of fused-ring (bicyclic) bond motifs is 1. The van der Waals surface area contributed by atoms with Crippen LogP contribution in [-0.4, -0.2) is 30.2 Å². The third kappa shape index (κ3) is 3.63. The molecule has 6 heteroatoms. The summed E-state index contributed by atoms with van der Waals surface area (Å²) in [6.45, 7) is 0.321. The van der Waals surface area contributed by atoms with Gasteiger partial charge >= 0.3 is 5.97 Å². The third-order valence-corrected chi connectivity index (χ3v) is 5.40. The fourth-order valence-electron chi connectivity index (χ4n) is 3.96. The number of rotatable bonds is 5. The number of para-hydroxylation sites is 1. The van der Waals surface area contributed by atoms with Gasteiger partial charge in [-0.25, -0.2) is 4.79 Å². The summed E-state index contributed by atoms with van der Waals surface area (Å²) in [7, 11) is 0. The minimum atomic E-state index is -0.680. The second-order valence-electron chi connectivity index (χ2n) is 7.24. The molecule has 0 saturated heterocycles. The van der Waals surface area contributed by atoms with Crippen LogP contribution in [0.5, 0.6) is 0 Å². The molecule has 1 aliphatic heterocycles. The predicted octanol–water partition coefficient (Wildman–Crippen LogP) is 2.77.